The molecule has 0 aliphatic heterocycles. The van der Waals surface area contributed by atoms with Gasteiger partial charge in [0, 0.05) is 0 Å². The largest absolute Gasteiger partial charge is 0.330 e. The molecule has 0 unspecified atom stereocenters. The molecule has 0 aromatic carbocycles. The van der Waals surface area contributed by atoms with Crippen LogP contribution in [-0.2, 0) is 0 Å². The maximum Gasteiger partial charge on any atom is -0.00206 e. The maximum atomic E-state index is 5.42. The first-order valence-electron chi connectivity index (χ1n) is 5.75. The summed E-state index contributed by atoms with van der Waals surface area (Å²) in [5.41, 5.74) is 5.42. The van der Waals surface area contributed by atoms with Crippen molar-refractivity contribution in [2.45, 2.75) is 46.0 Å². The molecule has 0 rings (SSSR count). The maximum absolute atomic E-state index is 5.42. The number of hydrogen-bond donors (Lipinski definition) is 2. The Bertz CT molecular complexity index is 94.1. The highest BCUT2D eigenvalue weighted by Crippen LogP contribution is 2.10. The van der Waals surface area contributed by atoms with Crippen molar-refractivity contribution in [1.82, 2.24) is 5.32 Å². The summed E-state index contributed by atoms with van der Waals surface area (Å²) < 4.78 is 0. The standard InChI is InChI=1S/C11H26N2/c1-3-5-7-11(4-2)10-13-9-6-8-12/h11,13H,3-10,12H2,1-2H3/t11-/m0/s1. The van der Waals surface area contributed by atoms with Crippen molar-refractivity contribution in [3.63, 3.8) is 0 Å². The second-order valence-electron chi connectivity index (χ2n) is 3.76. The first-order valence-corrected chi connectivity index (χ1v) is 5.75. The van der Waals surface area contributed by atoms with Gasteiger partial charge in [-0.1, -0.05) is 33.1 Å². The lowest BCUT2D eigenvalue weighted by molar-refractivity contribution is 0.419. The van der Waals surface area contributed by atoms with Gasteiger partial charge in [-0.15, -0.1) is 0 Å². The van der Waals surface area contributed by atoms with Crippen LogP contribution >= 0.6 is 0 Å². The minimum absolute atomic E-state index is 0.804. The highest BCUT2D eigenvalue weighted by Gasteiger charge is 2.03. The van der Waals surface area contributed by atoms with Crippen LogP contribution in [0.15, 0.2) is 0 Å². The second kappa shape index (κ2) is 10.0. The van der Waals surface area contributed by atoms with Gasteiger partial charge in [-0.2, -0.15) is 0 Å². The summed E-state index contributed by atoms with van der Waals surface area (Å²) in [5.74, 6) is 0.873. The predicted molar refractivity (Wildman–Crippen MR) is 59.8 cm³/mol. The van der Waals surface area contributed by atoms with Crippen molar-refractivity contribution in [2.75, 3.05) is 19.6 Å². The normalized spacial score (nSPS) is 13.2. The number of nitrogens with two attached hydrogens (primary N) is 1. The third kappa shape index (κ3) is 8.26. The monoisotopic (exact) mass is 186 g/mol. The van der Waals surface area contributed by atoms with E-state index in [4.69, 9.17) is 5.73 Å². The summed E-state index contributed by atoms with van der Waals surface area (Å²) in [4.78, 5) is 0. The van der Waals surface area contributed by atoms with Crippen molar-refractivity contribution >= 4 is 0 Å². The Morgan fingerprint density at radius 1 is 1.23 bits per heavy atom. The van der Waals surface area contributed by atoms with Gasteiger partial charge < -0.3 is 11.1 Å². The fourth-order valence-corrected chi connectivity index (χ4v) is 1.48. The van der Waals surface area contributed by atoms with Crippen molar-refractivity contribution in [3.8, 4) is 0 Å². The summed E-state index contributed by atoms with van der Waals surface area (Å²) in [5, 5.41) is 3.47. The SMILES string of the molecule is CCCC[C@H](CC)CNCCCN. The molecule has 0 radical (unpaired) electrons. The summed E-state index contributed by atoms with van der Waals surface area (Å²) in [6.45, 7) is 7.61. The lowest BCUT2D eigenvalue weighted by atomic mass is 9.99. The van der Waals surface area contributed by atoms with Crippen molar-refractivity contribution in [1.29, 1.82) is 0 Å². The highest BCUT2D eigenvalue weighted by molar-refractivity contribution is 4.60. The highest BCUT2D eigenvalue weighted by atomic mass is 14.9. The van der Waals surface area contributed by atoms with Crippen molar-refractivity contribution < 1.29 is 0 Å². The lowest BCUT2D eigenvalue weighted by Gasteiger charge is -2.14. The van der Waals surface area contributed by atoms with E-state index < -0.39 is 0 Å². The van der Waals surface area contributed by atoms with Crippen LogP contribution in [0, 0.1) is 5.92 Å². The molecule has 0 aliphatic rings. The zero-order valence-electron chi connectivity index (χ0n) is 9.31. The molecule has 0 fully saturated rings. The summed E-state index contributed by atoms with van der Waals surface area (Å²) in [6, 6.07) is 0. The Labute approximate surface area is 83.3 Å². The molecule has 0 aromatic rings. The van der Waals surface area contributed by atoms with Crippen LogP contribution in [0.5, 0.6) is 0 Å². The molecule has 0 saturated heterocycles. The molecule has 2 nitrogen and oxygen atoms in total. The molecular weight excluding hydrogens is 160 g/mol. The molecule has 0 aliphatic carbocycles. The average Bonchev–Trinajstić information content (AvgIpc) is 2.17. The van der Waals surface area contributed by atoms with Crippen LogP contribution in [0.1, 0.15) is 46.0 Å². The van der Waals surface area contributed by atoms with Gasteiger partial charge in [0.15, 0.2) is 0 Å². The first-order chi connectivity index (χ1) is 6.35. The van der Waals surface area contributed by atoms with Crippen LogP contribution in [0.25, 0.3) is 0 Å². The lowest BCUT2D eigenvalue weighted by Crippen LogP contribution is -2.25. The fourth-order valence-electron chi connectivity index (χ4n) is 1.48. The Kier molecular flexibility index (Phi) is 9.94. The van der Waals surface area contributed by atoms with Crippen LogP contribution in [0.2, 0.25) is 0 Å². The number of nitrogens with one attached hydrogen (secondary N) is 1. The average molecular weight is 186 g/mol. The molecule has 0 aromatic heterocycles. The van der Waals surface area contributed by atoms with E-state index in [-0.39, 0.29) is 0 Å². The van der Waals surface area contributed by atoms with Gasteiger partial charge >= 0.3 is 0 Å². The quantitative estimate of drug-likeness (QED) is 0.541. The topological polar surface area (TPSA) is 38.0 Å². The number of rotatable bonds is 9. The van der Waals surface area contributed by atoms with E-state index in [0.29, 0.717) is 0 Å². The van der Waals surface area contributed by atoms with E-state index in [2.05, 4.69) is 19.2 Å². The third-order valence-corrected chi connectivity index (χ3v) is 2.53. The molecule has 0 bridgehead atoms. The Hall–Kier alpha value is -0.0800. The number of unbranched alkanes of at least 4 members (excludes halogenated alkanes) is 1. The van der Waals surface area contributed by atoms with Crippen molar-refractivity contribution in [3.05, 3.63) is 0 Å². The molecule has 1 atom stereocenters. The van der Waals surface area contributed by atoms with E-state index >= 15 is 0 Å². The summed E-state index contributed by atoms with van der Waals surface area (Å²) >= 11 is 0. The minimum Gasteiger partial charge on any atom is -0.330 e. The summed E-state index contributed by atoms with van der Waals surface area (Å²) in [6.07, 6.45) is 6.47. The van der Waals surface area contributed by atoms with E-state index in [1.165, 1.54) is 32.2 Å². The zero-order chi connectivity index (χ0) is 9.94. The molecule has 80 valence electrons. The van der Waals surface area contributed by atoms with Crippen LogP contribution < -0.4 is 11.1 Å². The Morgan fingerprint density at radius 3 is 2.54 bits per heavy atom. The smallest absolute Gasteiger partial charge is 0.00206 e. The van der Waals surface area contributed by atoms with E-state index in [1.807, 2.05) is 0 Å². The molecule has 3 N–H and O–H groups in total. The Balaban J connectivity index is 3.25. The predicted octanol–water partition coefficient (Wildman–Crippen LogP) is 2.14. The summed E-state index contributed by atoms with van der Waals surface area (Å²) in [7, 11) is 0. The fraction of sp³-hybridized carbons (Fsp3) is 1.00. The molecule has 13 heavy (non-hydrogen) atoms. The van der Waals surface area contributed by atoms with Gasteiger partial charge in [-0.05, 0) is 38.4 Å². The minimum atomic E-state index is 0.804. The molecule has 0 saturated carbocycles. The molecule has 2 heteroatoms. The van der Waals surface area contributed by atoms with E-state index in [0.717, 1.165) is 25.4 Å². The van der Waals surface area contributed by atoms with E-state index in [9.17, 15) is 0 Å². The van der Waals surface area contributed by atoms with Crippen LogP contribution in [0.3, 0.4) is 0 Å². The molecule has 0 spiro atoms. The van der Waals surface area contributed by atoms with Crippen LogP contribution in [-0.4, -0.2) is 19.6 Å². The number of hydrogen-bond acceptors (Lipinski definition) is 2. The van der Waals surface area contributed by atoms with E-state index in [1.54, 1.807) is 0 Å². The van der Waals surface area contributed by atoms with Crippen molar-refractivity contribution in [2.24, 2.45) is 11.7 Å². The molecular formula is C11H26N2. The van der Waals surface area contributed by atoms with Gasteiger partial charge in [-0.25, -0.2) is 0 Å². The Morgan fingerprint density at radius 2 is 2.00 bits per heavy atom. The third-order valence-electron chi connectivity index (χ3n) is 2.53. The molecule has 0 heterocycles. The zero-order valence-corrected chi connectivity index (χ0v) is 9.31. The van der Waals surface area contributed by atoms with Gasteiger partial charge in [0.1, 0.15) is 0 Å². The first kappa shape index (κ1) is 12.9. The molecule has 0 amide bonds. The van der Waals surface area contributed by atoms with Crippen LogP contribution in [0.4, 0.5) is 0 Å². The van der Waals surface area contributed by atoms with Gasteiger partial charge in [0.25, 0.3) is 0 Å². The van der Waals surface area contributed by atoms with Gasteiger partial charge in [0.2, 0.25) is 0 Å². The van der Waals surface area contributed by atoms with Gasteiger partial charge in [-0.3, -0.25) is 0 Å². The second-order valence-corrected chi connectivity index (χ2v) is 3.76. The van der Waals surface area contributed by atoms with Gasteiger partial charge in [0.05, 0.1) is 0 Å².